The van der Waals surface area contributed by atoms with Crippen molar-refractivity contribution in [2.45, 2.75) is 19.4 Å². The van der Waals surface area contributed by atoms with Crippen molar-refractivity contribution in [3.05, 3.63) is 72.2 Å². The summed E-state index contributed by atoms with van der Waals surface area (Å²) in [6, 6.07) is 18.0. The number of carbonyl (C=O) groups is 1. The van der Waals surface area contributed by atoms with Gasteiger partial charge in [-0.25, -0.2) is 9.97 Å². The summed E-state index contributed by atoms with van der Waals surface area (Å²) in [5.41, 5.74) is 4.58. The Morgan fingerprint density at radius 3 is 2.61 bits per heavy atom. The molecule has 1 aliphatic heterocycles. The molecule has 0 bridgehead atoms. The van der Waals surface area contributed by atoms with Crippen molar-refractivity contribution < 1.29 is 4.79 Å². The zero-order chi connectivity index (χ0) is 19.7. The zero-order valence-electron chi connectivity index (χ0n) is 16.3. The standard InChI is InChI=1S/C22H23N5O/c1-15-12-16-6-4-5-7-20(16)27(15)21-13-19(23-14-24-21)22(28)25-17-8-10-18(11-9-17)26(2)3/h4-11,13-15H,12H2,1-3H3,(H,25,28). The second kappa shape index (κ2) is 7.31. The first-order valence-corrected chi connectivity index (χ1v) is 9.31. The molecule has 1 aromatic heterocycles. The summed E-state index contributed by atoms with van der Waals surface area (Å²) in [5, 5.41) is 2.91. The number of carbonyl (C=O) groups excluding carboxylic acids is 1. The minimum atomic E-state index is -0.249. The number of anilines is 4. The molecule has 1 atom stereocenters. The number of nitrogens with one attached hydrogen (secondary N) is 1. The number of hydrogen-bond acceptors (Lipinski definition) is 5. The lowest BCUT2D eigenvalue weighted by molar-refractivity contribution is 0.102. The van der Waals surface area contributed by atoms with Gasteiger partial charge in [-0.15, -0.1) is 0 Å². The fourth-order valence-corrected chi connectivity index (χ4v) is 3.56. The second-order valence-electron chi connectivity index (χ2n) is 7.21. The van der Waals surface area contributed by atoms with Gasteiger partial charge >= 0.3 is 0 Å². The lowest BCUT2D eigenvalue weighted by Gasteiger charge is -2.23. The Morgan fingerprint density at radius 1 is 1.11 bits per heavy atom. The zero-order valence-corrected chi connectivity index (χ0v) is 16.3. The Morgan fingerprint density at radius 2 is 1.86 bits per heavy atom. The number of amides is 1. The number of rotatable bonds is 4. The predicted molar refractivity (Wildman–Crippen MR) is 113 cm³/mol. The summed E-state index contributed by atoms with van der Waals surface area (Å²) >= 11 is 0. The lowest BCUT2D eigenvalue weighted by Crippen LogP contribution is -2.25. The minimum Gasteiger partial charge on any atom is -0.378 e. The van der Waals surface area contributed by atoms with Gasteiger partial charge in [0.2, 0.25) is 0 Å². The van der Waals surface area contributed by atoms with Crippen LogP contribution in [0.25, 0.3) is 0 Å². The topological polar surface area (TPSA) is 61.4 Å². The van der Waals surface area contributed by atoms with Crippen molar-refractivity contribution in [1.29, 1.82) is 0 Å². The first-order valence-electron chi connectivity index (χ1n) is 9.31. The van der Waals surface area contributed by atoms with Crippen LogP contribution < -0.4 is 15.1 Å². The monoisotopic (exact) mass is 373 g/mol. The van der Waals surface area contributed by atoms with Crippen molar-refractivity contribution in [3.63, 3.8) is 0 Å². The molecule has 0 spiro atoms. The lowest BCUT2D eigenvalue weighted by atomic mass is 10.1. The van der Waals surface area contributed by atoms with E-state index in [2.05, 4.69) is 45.3 Å². The maximum Gasteiger partial charge on any atom is 0.274 e. The molecule has 0 saturated carbocycles. The van der Waals surface area contributed by atoms with Gasteiger partial charge in [0.1, 0.15) is 17.8 Å². The number of hydrogen-bond donors (Lipinski definition) is 1. The van der Waals surface area contributed by atoms with Crippen LogP contribution in [-0.4, -0.2) is 36.0 Å². The van der Waals surface area contributed by atoms with E-state index >= 15 is 0 Å². The van der Waals surface area contributed by atoms with Crippen LogP contribution in [0.2, 0.25) is 0 Å². The molecule has 0 aliphatic carbocycles. The predicted octanol–water partition coefficient (Wildman–Crippen LogP) is 3.88. The molecule has 1 unspecified atom stereocenters. The van der Waals surface area contributed by atoms with Gasteiger partial charge in [-0.05, 0) is 49.2 Å². The van der Waals surface area contributed by atoms with Gasteiger partial charge in [-0.1, -0.05) is 18.2 Å². The normalized spacial score (nSPS) is 15.2. The molecule has 6 heteroatoms. The van der Waals surface area contributed by atoms with E-state index < -0.39 is 0 Å². The number of para-hydroxylation sites is 1. The maximum atomic E-state index is 12.7. The number of nitrogens with zero attached hydrogens (tertiary/aromatic N) is 4. The Kier molecular flexibility index (Phi) is 4.69. The third kappa shape index (κ3) is 3.41. The summed E-state index contributed by atoms with van der Waals surface area (Å²) < 4.78 is 0. The van der Waals surface area contributed by atoms with Gasteiger partial charge in [-0.3, -0.25) is 4.79 Å². The highest BCUT2D eigenvalue weighted by molar-refractivity contribution is 6.03. The molecule has 1 aliphatic rings. The SMILES string of the molecule is CC1Cc2ccccc2N1c1cc(C(=O)Nc2ccc(N(C)C)cc2)ncn1. The van der Waals surface area contributed by atoms with Gasteiger partial charge in [0, 0.05) is 43.3 Å². The smallest absolute Gasteiger partial charge is 0.274 e. The minimum absolute atomic E-state index is 0.249. The van der Waals surface area contributed by atoms with Crippen molar-refractivity contribution in [2.75, 3.05) is 29.2 Å². The van der Waals surface area contributed by atoms with Gasteiger partial charge in [-0.2, -0.15) is 0 Å². The van der Waals surface area contributed by atoms with Crippen LogP contribution >= 0.6 is 0 Å². The molecule has 3 aromatic rings. The van der Waals surface area contributed by atoms with E-state index in [1.54, 1.807) is 6.07 Å². The quantitative estimate of drug-likeness (QED) is 0.752. The number of benzene rings is 2. The average Bonchev–Trinajstić information content (AvgIpc) is 3.04. The fraction of sp³-hybridized carbons (Fsp3) is 0.227. The van der Waals surface area contributed by atoms with Crippen molar-refractivity contribution in [3.8, 4) is 0 Å². The fourth-order valence-electron chi connectivity index (χ4n) is 3.56. The van der Waals surface area contributed by atoms with E-state index in [4.69, 9.17) is 0 Å². The molecule has 1 amide bonds. The summed E-state index contributed by atoms with van der Waals surface area (Å²) in [6.45, 7) is 2.16. The Hall–Kier alpha value is -3.41. The van der Waals surface area contributed by atoms with Crippen LogP contribution in [0.5, 0.6) is 0 Å². The summed E-state index contributed by atoms with van der Waals surface area (Å²) in [4.78, 5) is 25.5. The molecule has 4 rings (SSSR count). The van der Waals surface area contributed by atoms with Gasteiger partial charge in [0.05, 0.1) is 0 Å². The third-order valence-electron chi connectivity index (χ3n) is 4.98. The van der Waals surface area contributed by atoms with Crippen LogP contribution in [0.15, 0.2) is 60.9 Å². The molecule has 28 heavy (non-hydrogen) atoms. The molecule has 142 valence electrons. The van der Waals surface area contributed by atoms with E-state index in [1.165, 1.54) is 11.9 Å². The summed E-state index contributed by atoms with van der Waals surface area (Å²) in [7, 11) is 3.96. The van der Waals surface area contributed by atoms with E-state index in [9.17, 15) is 4.79 Å². The first-order chi connectivity index (χ1) is 13.5. The highest BCUT2D eigenvalue weighted by atomic mass is 16.1. The average molecular weight is 373 g/mol. The Labute approximate surface area is 164 Å². The van der Waals surface area contributed by atoms with E-state index in [0.717, 1.165) is 29.3 Å². The highest BCUT2D eigenvalue weighted by Gasteiger charge is 2.28. The third-order valence-corrected chi connectivity index (χ3v) is 4.98. The second-order valence-corrected chi connectivity index (χ2v) is 7.21. The van der Waals surface area contributed by atoms with Gasteiger partial charge in [0.15, 0.2) is 0 Å². The molecule has 0 radical (unpaired) electrons. The van der Waals surface area contributed by atoms with Crippen LogP contribution in [0.4, 0.5) is 22.9 Å². The largest absolute Gasteiger partial charge is 0.378 e. The molecular weight excluding hydrogens is 350 g/mol. The molecular formula is C22H23N5O. The maximum absolute atomic E-state index is 12.7. The Balaban J connectivity index is 1.56. The van der Waals surface area contributed by atoms with Crippen molar-refractivity contribution in [2.24, 2.45) is 0 Å². The summed E-state index contributed by atoms with van der Waals surface area (Å²) in [5.74, 6) is 0.488. The molecule has 0 fully saturated rings. The number of aromatic nitrogens is 2. The molecule has 0 saturated heterocycles. The summed E-state index contributed by atoms with van der Waals surface area (Å²) in [6.07, 6.45) is 2.41. The van der Waals surface area contributed by atoms with E-state index in [1.807, 2.05) is 49.3 Å². The first kappa shape index (κ1) is 18.0. The molecule has 2 aromatic carbocycles. The van der Waals surface area contributed by atoms with Crippen molar-refractivity contribution in [1.82, 2.24) is 9.97 Å². The molecule has 1 N–H and O–H groups in total. The van der Waals surface area contributed by atoms with Crippen LogP contribution in [0, 0.1) is 0 Å². The van der Waals surface area contributed by atoms with E-state index in [-0.39, 0.29) is 11.9 Å². The highest BCUT2D eigenvalue weighted by Crippen LogP contribution is 2.37. The van der Waals surface area contributed by atoms with Crippen LogP contribution in [0.3, 0.4) is 0 Å². The molecule has 2 heterocycles. The molecule has 6 nitrogen and oxygen atoms in total. The van der Waals surface area contributed by atoms with Crippen LogP contribution in [-0.2, 0) is 6.42 Å². The van der Waals surface area contributed by atoms with Gasteiger partial charge < -0.3 is 15.1 Å². The number of fused-ring (bicyclic) bond motifs is 1. The van der Waals surface area contributed by atoms with Crippen LogP contribution in [0.1, 0.15) is 23.0 Å². The van der Waals surface area contributed by atoms with E-state index in [0.29, 0.717) is 5.69 Å². The van der Waals surface area contributed by atoms with Crippen molar-refractivity contribution >= 4 is 28.8 Å². The van der Waals surface area contributed by atoms with Gasteiger partial charge in [0.25, 0.3) is 5.91 Å². The Bertz CT molecular complexity index is 1000.